The lowest BCUT2D eigenvalue weighted by Crippen LogP contribution is -2.15. The molecule has 10 heavy (non-hydrogen) atoms. The van der Waals surface area contributed by atoms with Crippen LogP contribution in [-0.2, 0) is 0 Å². The second-order valence-corrected chi connectivity index (χ2v) is 2.33. The van der Waals surface area contributed by atoms with E-state index in [1.807, 2.05) is 25.7 Å². The Hall–Kier alpha value is -0.0800. The molecule has 1 fully saturated rings. The molecule has 0 heterocycles. The number of hydrogen-bond donors (Lipinski definition) is 2. The summed E-state index contributed by atoms with van der Waals surface area (Å²) in [5, 5.41) is 17.5. The largest absolute Gasteiger partial charge is 0.394 e. The molecule has 2 nitrogen and oxygen atoms in total. The predicted octanol–water partition coefficient (Wildman–Crippen LogP) is 0.135. The Bertz CT molecular complexity index is 87.3. The van der Waals surface area contributed by atoms with Gasteiger partial charge in [-0.25, -0.2) is 0 Å². The van der Waals surface area contributed by atoms with E-state index < -0.39 is 6.10 Å². The van der Waals surface area contributed by atoms with Gasteiger partial charge in [-0.1, -0.05) is 0 Å². The van der Waals surface area contributed by atoms with E-state index in [4.69, 9.17) is 10.2 Å². The highest BCUT2D eigenvalue weighted by molar-refractivity contribution is 5.35. The van der Waals surface area contributed by atoms with Gasteiger partial charge in [-0.15, -0.1) is 0 Å². The van der Waals surface area contributed by atoms with Crippen molar-refractivity contribution < 1.29 is 10.2 Å². The summed E-state index contributed by atoms with van der Waals surface area (Å²) in [7, 11) is 0. The SMILES string of the molecule is OCC(O)C[C]1[CH][CH][CH][CH]1. The van der Waals surface area contributed by atoms with Crippen molar-refractivity contribution in [2.45, 2.75) is 12.5 Å². The molecule has 0 bridgehead atoms. The fraction of sp³-hybridized carbons (Fsp3) is 0.375. The van der Waals surface area contributed by atoms with Crippen molar-refractivity contribution in [3.63, 3.8) is 0 Å². The fourth-order valence-corrected chi connectivity index (χ4v) is 0.887. The first-order valence-electron chi connectivity index (χ1n) is 3.32. The molecule has 1 rings (SSSR count). The van der Waals surface area contributed by atoms with Crippen molar-refractivity contribution in [2.75, 3.05) is 6.61 Å². The lowest BCUT2D eigenvalue weighted by molar-refractivity contribution is 0.0928. The van der Waals surface area contributed by atoms with E-state index >= 15 is 0 Å². The summed E-state index contributed by atoms with van der Waals surface area (Å²) in [5.74, 6) is 1.07. The monoisotopic (exact) mass is 139 g/mol. The van der Waals surface area contributed by atoms with Gasteiger partial charge in [0.1, 0.15) is 0 Å². The van der Waals surface area contributed by atoms with Crippen LogP contribution in [0.1, 0.15) is 6.42 Å². The molecule has 0 aliphatic heterocycles. The van der Waals surface area contributed by atoms with Gasteiger partial charge in [0.15, 0.2) is 0 Å². The van der Waals surface area contributed by atoms with Crippen LogP contribution in [0.15, 0.2) is 0 Å². The lowest BCUT2D eigenvalue weighted by Gasteiger charge is -2.10. The van der Waals surface area contributed by atoms with E-state index in [0.29, 0.717) is 6.42 Å². The Morgan fingerprint density at radius 1 is 1.30 bits per heavy atom. The first-order valence-corrected chi connectivity index (χ1v) is 3.32. The minimum Gasteiger partial charge on any atom is -0.394 e. The summed E-state index contributed by atoms with van der Waals surface area (Å²) in [4.78, 5) is 0. The highest BCUT2D eigenvalue weighted by atomic mass is 16.3. The fourth-order valence-electron chi connectivity index (χ4n) is 0.887. The van der Waals surface area contributed by atoms with E-state index in [9.17, 15) is 0 Å². The number of rotatable bonds is 3. The first-order chi connectivity index (χ1) is 4.83. The molecule has 0 aromatic carbocycles. The Balaban J connectivity index is 2.11. The second kappa shape index (κ2) is 3.94. The van der Waals surface area contributed by atoms with Gasteiger partial charge in [-0.2, -0.15) is 0 Å². The molecule has 1 saturated carbocycles. The van der Waals surface area contributed by atoms with Gasteiger partial charge in [0.25, 0.3) is 0 Å². The van der Waals surface area contributed by atoms with Gasteiger partial charge in [0, 0.05) is 0 Å². The molecule has 55 valence electrons. The third-order valence-electron chi connectivity index (χ3n) is 1.41. The van der Waals surface area contributed by atoms with Gasteiger partial charge in [-0.3, -0.25) is 0 Å². The molecule has 0 saturated heterocycles. The van der Waals surface area contributed by atoms with Crippen LogP contribution in [0.3, 0.4) is 0 Å². The minimum atomic E-state index is -0.609. The second-order valence-electron chi connectivity index (χ2n) is 2.33. The Labute approximate surface area is 61.9 Å². The maximum absolute atomic E-state index is 8.98. The number of hydrogen-bond acceptors (Lipinski definition) is 2. The minimum absolute atomic E-state index is 0.162. The summed E-state index contributed by atoms with van der Waals surface area (Å²) < 4.78 is 0. The molecular weight excluding hydrogens is 128 g/mol. The highest BCUT2D eigenvalue weighted by Crippen LogP contribution is 2.26. The Morgan fingerprint density at radius 3 is 2.40 bits per heavy atom. The molecule has 1 unspecified atom stereocenters. The molecule has 0 amide bonds. The topological polar surface area (TPSA) is 40.5 Å². The van der Waals surface area contributed by atoms with Crippen LogP contribution in [0.5, 0.6) is 0 Å². The normalized spacial score (nSPS) is 23.4. The van der Waals surface area contributed by atoms with E-state index in [1.165, 1.54) is 0 Å². The lowest BCUT2D eigenvalue weighted by atomic mass is 10.0. The molecule has 1 aliphatic rings. The van der Waals surface area contributed by atoms with E-state index in [-0.39, 0.29) is 6.61 Å². The van der Waals surface area contributed by atoms with Crippen molar-refractivity contribution in [2.24, 2.45) is 0 Å². The number of aliphatic hydroxyl groups excluding tert-OH is 2. The van der Waals surface area contributed by atoms with Crippen molar-refractivity contribution in [3.05, 3.63) is 31.6 Å². The molecule has 2 N–H and O–H groups in total. The van der Waals surface area contributed by atoms with E-state index in [1.54, 1.807) is 0 Å². The van der Waals surface area contributed by atoms with Gasteiger partial charge >= 0.3 is 0 Å². The quantitative estimate of drug-likeness (QED) is 0.583. The summed E-state index contributed by atoms with van der Waals surface area (Å²) in [6.07, 6.45) is 7.63. The summed E-state index contributed by atoms with van der Waals surface area (Å²) in [6, 6.07) is 0. The van der Waals surface area contributed by atoms with E-state index in [2.05, 4.69) is 0 Å². The highest BCUT2D eigenvalue weighted by Gasteiger charge is 2.19. The molecule has 2 heteroatoms. The molecule has 0 spiro atoms. The van der Waals surface area contributed by atoms with Crippen LogP contribution in [0.4, 0.5) is 0 Å². The smallest absolute Gasteiger partial charge is 0.0776 e. The van der Waals surface area contributed by atoms with Crippen LogP contribution >= 0.6 is 0 Å². The van der Waals surface area contributed by atoms with E-state index in [0.717, 1.165) is 5.92 Å². The molecule has 5 radical (unpaired) electrons. The zero-order chi connectivity index (χ0) is 7.40. The summed E-state index contributed by atoms with van der Waals surface area (Å²) >= 11 is 0. The molecule has 0 aromatic heterocycles. The zero-order valence-corrected chi connectivity index (χ0v) is 5.70. The maximum atomic E-state index is 8.98. The van der Waals surface area contributed by atoms with Crippen molar-refractivity contribution in [1.29, 1.82) is 0 Å². The standard InChI is InChI=1S/C8H11O2/c9-6-8(10)5-7-3-1-2-4-7/h1-4,8-10H,5-6H2. The predicted molar refractivity (Wildman–Crippen MR) is 38.2 cm³/mol. The third kappa shape index (κ3) is 2.27. The van der Waals surface area contributed by atoms with Gasteiger partial charge in [0.2, 0.25) is 0 Å². The van der Waals surface area contributed by atoms with Crippen LogP contribution in [-0.4, -0.2) is 22.9 Å². The molecule has 1 atom stereocenters. The average Bonchev–Trinajstić information content (AvgIpc) is 2.40. The molecule has 1 aliphatic carbocycles. The summed E-state index contributed by atoms with van der Waals surface area (Å²) in [5.41, 5.74) is 0. The van der Waals surface area contributed by atoms with Crippen molar-refractivity contribution in [3.8, 4) is 0 Å². The first kappa shape index (κ1) is 8.02. The molecule has 0 aromatic rings. The average molecular weight is 139 g/mol. The van der Waals surface area contributed by atoms with Gasteiger partial charge in [-0.05, 0) is 38.0 Å². The Kier molecular flexibility index (Phi) is 3.16. The molecular formula is C8H11O2. The Morgan fingerprint density at radius 2 is 1.90 bits per heavy atom. The van der Waals surface area contributed by atoms with Crippen LogP contribution in [0, 0.1) is 31.6 Å². The van der Waals surface area contributed by atoms with Crippen LogP contribution in [0.2, 0.25) is 0 Å². The van der Waals surface area contributed by atoms with Crippen LogP contribution < -0.4 is 0 Å². The van der Waals surface area contributed by atoms with Crippen molar-refractivity contribution >= 4 is 0 Å². The van der Waals surface area contributed by atoms with Crippen LogP contribution in [0.25, 0.3) is 0 Å². The third-order valence-corrected chi connectivity index (χ3v) is 1.41. The zero-order valence-electron chi connectivity index (χ0n) is 5.70. The maximum Gasteiger partial charge on any atom is 0.0776 e. The van der Waals surface area contributed by atoms with Crippen molar-refractivity contribution in [1.82, 2.24) is 0 Å². The van der Waals surface area contributed by atoms with Gasteiger partial charge < -0.3 is 10.2 Å². The summed E-state index contributed by atoms with van der Waals surface area (Å²) in [6.45, 7) is -0.162. The van der Waals surface area contributed by atoms with Gasteiger partial charge in [0.05, 0.1) is 12.7 Å². The number of aliphatic hydroxyl groups is 2.